The van der Waals surface area contributed by atoms with Gasteiger partial charge in [-0.05, 0) is 75.3 Å². The van der Waals surface area contributed by atoms with E-state index >= 15 is 0 Å². The van der Waals surface area contributed by atoms with Gasteiger partial charge in [-0.3, -0.25) is 0 Å². The van der Waals surface area contributed by atoms with Gasteiger partial charge in [0.25, 0.3) is 0 Å². The van der Waals surface area contributed by atoms with Gasteiger partial charge in [0.1, 0.15) is 0 Å². The van der Waals surface area contributed by atoms with Crippen molar-refractivity contribution in [1.29, 1.82) is 0 Å². The molecule has 0 saturated carbocycles. The smallest absolute Gasteiger partial charge is 0.0963 e. The molecule has 0 bridgehead atoms. The number of nitrogens with two attached hydrogens (primary N) is 1. The fraction of sp³-hybridized carbons (Fsp3) is 0.652. The molecule has 2 aliphatic rings. The predicted molar refractivity (Wildman–Crippen MR) is 122 cm³/mol. The maximum atomic E-state index is 6.63. The monoisotopic (exact) mass is 434 g/mol. The number of likely N-dealkylation sites (N-methyl/N-ethyl adjacent to an activating group) is 1. The zero-order chi connectivity index (χ0) is 20.2. The van der Waals surface area contributed by atoms with Gasteiger partial charge in [0.05, 0.1) is 18.3 Å². The molecule has 0 aliphatic carbocycles. The largest absolute Gasteiger partial charge is 0.372 e. The summed E-state index contributed by atoms with van der Waals surface area (Å²) in [6.45, 7) is 4.52. The molecule has 2 aromatic heterocycles. The molecule has 3 unspecified atom stereocenters. The third kappa shape index (κ3) is 4.94. The highest BCUT2D eigenvalue weighted by atomic mass is 32.1. The number of ether oxygens (including phenoxy) is 2. The Labute approximate surface area is 182 Å². The number of rotatable bonds is 7. The molecule has 0 radical (unpaired) electrons. The van der Waals surface area contributed by atoms with Crippen molar-refractivity contribution < 1.29 is 9.47 Å². The minimum atomic E-state index is 0.0791. The molecule has 4 nitrogen and oxygen atoms in total. The number of thiophene rings is 2. The second kappa shape index (κ2) is 10.0. The van der Waals surface area contributed by atoms with Gasteiger partial charge >= 0.3 is 0 Å². The van der Waals surface area contributed by atoms with Crippen molar-refractivity contribution in [3.8, 4) is 0 Å². The fourth-order valence-corrected chi connectivity index (χ4v) is 6.95. The van der Waals surface area contributed by atoms with Gasteiger partial charge in [-0.25, -0.2) is 0 Å². The summed E-state index contributed by atoms with van der Waals surface area (Å²) in [6, 6.07) is 4.74. The van der Waals surface area contributed by atoms with E-state index in [1.54, 1.807) is 0 Å². The Bertz CT molecular complexity index is 801. The molecule has 0 spiro atoms. The fourth-order valence-electron chi connectivity index (χ4n) is 4.50. The third-order valence-corrected chi connectivity index (χ3v) is 8.69. The third-order valence-electron chi connectivity index (χ3n) is 6.06. The molecule has 2 aliphatic heterocycles. The number of hydrogen-bond donors (Lipinski definition) is 2. The SMILES string of the molecule is CCc1cc2c(s1)CCC(CCc1cc3c(s1)CCCOC3CN)OC2CNC. The summed E-state index contributed by atoms with van der Waals surface area (Å²) in [7, 11) is 2.02. The normalized spacial score (nSPS) is 24.6. The summed E-state index contributed by atoms with van der Waals surface area (Å²) in [5, 5.41) is 3.33. The quantitative estimate of drug-likeness (QED) is 0.671. The van der Waals surface area contributed by atoms with Crippen molar-refractivity contribution in [1.82, 2.24) is 5.32 Å². The summed E-state index contributed by atoms with van der Waals surface area (Å²) in [4.78, 5) is 5.96. The summed E-state index contributed by atoms with van der Waals surface area (Å²) in [6.07, 6.45) is 8.35. The van der Waals surface area contributed by atoms with Crippen LogP contribution in [0.4, 0.5) is 0 Å². The maximum Gasteiger partial charge on any atom is 0.0963 e. The van der Waals surface area contributed by atoms with E-state index in [2.05, 4.69) is 24.4 Å². The topological polar surface area (TPSA) is 56.5 Å². The minimum Gasteiger partial charge on any atom is -0.372 e. The molecule has 6 heteroatoms. The zero-order valence-corrected chi connectivity index (χ0v) is 19.3. The highest BCUT2D eigenvalue weighted by molar-refractivity contribution is 7.12. The molecule has 3 atom stereocenters. The van der Waals surface area contributed by atoms with Gasteiger partial charge in [-0.1, -0.05) is 6.92 Å². The molecule has 3 N–H and O–H groups in total. The Balaban J connectivity index is 1.42. The number of aryl methyl sites for hydroxylation is 4. The van der Waals surface area contributed by atoms with Crippen LogP contribution in [0.2, 0.25) is 0 Å². The van der Waals surface area contributed by atoms with Gasteiger partial charge < -0.3 is 20.5 Å². The zero-order valence-electron chi connectivity index (χ0n) is 17.7. The van der Waals surface area contributed by atoms with Crippen LogP contribution in [-0.2, 0) is 35.2 Å². The number of fused-ring (bicyclic) bond motifs is 2. The second-order valence-electron chi connectivity index (χ2n) is 8.12. The van der Waals surface area contributed by atoms with Crippen LogP contribution >= 0.6 is 22.7 Å². The van der Waals surface area contributed by atoms with Crippen LogP contribution in [-0.4, -0.2) is 32.8 Å². The van der Waals surface area contributed by atoms with Crippen LogP contribution in [0, 0.1) is 0 Å². The molecule has 160 valence electrons. The van der Waals surface area contributed by atoms with Crippen molar-refractivity contribution in [3.05, 3.63) is 42.8 Å². The van der Waals surface area contributed by atoms with Crippen LogP contribution in [0.1, 0.15) is 69.0 Å². The van der Waals surface area contributed by atoms with Crippen LogP contribution in [0.5, 0.6) is 0 Å². The molecule has 29 heavy (non-hydrogen) atoms. The number of hydrogen-bond acceptors (Lipinski definition) is 6. The van der Waals surface area contributed by atoms with Crippen LogP contribution < -0.4 is 11.1 Å². The van der Waals surface area contributed by atoms with Gasteiger partial charge in [0, 0.05) is 39.2 Å². The summed E-state index contributed by atoms with van der Waals surface area (Å²) in [5.74, 6) is 0. The van der Waals surface area contributed by atoms with E-state index in [4.69, 9.17) is 15.2 Å². The Hall–Kier alpha value is -0.760. The van der Waals surface area contributed by atoms with Gasteiger partial charge in [0.15, 0.2) is 0 Å². The van der Waals surface area contributed by atoms with E-state index < -0.39 is 0 Å². The average Bonchev–Trinajstić information content (AvgIpc) is 3.24. The molecule has 0 fully saturated rings. The van der Waals surface area contributed by atoms with Crippen molar-refractivity contribution in [2.24, 2.45) is 5.73 Å². The van der Waals surface area contributed by atoms with E-state index in [1.165, 1.54) is 30.6 Å². The minimum absolute atomic E-state index is 0.0791. The van der Waals surface area contributed by atoms with E-state index in [-0.39, 0.29) is 12.2 Å². The van der Waals surface area contributed by atoms with Crippen LogP contribution in [0.3, 0.4) is 0 Å². The molecular formula is C23H34N2O2S2. The van der Waals surface area contributed by atoms with E-state index in [0.29, 0.717) is 12.6 Å². The standard InChI is InChI=1S/C23H34N2O2S2/c1-3-16-11-19-21(14-25-2)27-15(7-9-23(19)28-16)6-8-17-12-18-20(13-24)26-10-4-5-22(18)29-17/h11-12,15,20-21,25H,3-10,13-14,24H2,1-2H3. The summed E-state index contributed by atoms with van der Waals surface area (Å²) >= 11 is 3.95. The van der Waals surface area contributed by atoms with Crippen molar-refractivity contribution in [2.45, 2.75) is 70.2 Å². The average molecular weight is 435 g/mol. The molecular weight excluding hydrogens is 400 g/mol. The second-order valence-corrected chi connectivity index (χ2v) is 10.6. The highest BCUT2D eigenvalue weighted by Gasteiger charge is 2.27. The van der Waals surface area contributed by atoms with Gasteiger partial charge in [-0.15, -0.1) is 22.7 Å². The first-order valence-corrected chi connectivity index (χ1v) is 12.7. The Kier molecular flexibility index (Phi) is 7.43. The first-order chi connectivity index (χ1) is 14.2. The predicted octanol–water partition coefficient (Wildman–Crippen LogP) is 4.56. The first-order valence-electron chi connectivity index (χ1n) is 11.1. The Morgan fingerprint density at radius 2 is 1.86 bits per heavy atom. The van der Waals surface area contributed by atoms with E-state index in [1.807, 2.05) is 29.7 Å². The van der Waals surface area contributed by atoms with Gasteiger partial charge in [0.2, 0.25) is 0 Å². The maximum absolute atomic E-state index is 6.63. The van der Waals surface area contributed by atoms with Crippen LogP contribution in [0.25, 0.3) is 0 Å². The lowest BCUT2D eigenvalue weighted by atomic mass is 10.0. The highest BCUT2D eigenvalue weighted by Crippen LogP contribution is 2.37. The molecule has 0 amide bonds. The molecule has 0 aromatic carbocycles. The lowest BCUT2D eigenvalue weighted by Gasteiger charge is -2.22. The molecule has 4 rings (SSSR count). The van der Waals surface area contributed by atoms with E-state index in [9.17, 15) is 0 Å². The van der Waals surface area contributed by atoms with Crippen LogP contribution in [0.15, 0.2) is 12.1 Å². The lowest BCUT2D eigenvalue weighted by Crippen LogP contribution is -2.23. The lowest BCUT2D eigenvalue weighted by molar-refractivity contribution is -0.0147. The van der Waals surface area contributed by atoms with Crippen molar-refractivity contribution in [3.63, 3.8) is 0 Å². The Morgan fingerprint density at radius 3 is 2.66 bits per heavy atom. The van der Waals surface area contributed by atoms with E-state index in [0.717, 1.165) is 58.1 Å². The molecule has 2 aromatic rings. The van der Waals surface area contributed by atoms with Crippen molar-refractivity contribution >= 4 is 22.7 Å². The summed E-state index contributed by atoms with van der Waals surface area (Å²) < 4.78 is 12.6. The molecule has 0 saturated heterocycles. The van der Waals surface area contributed by atoms with Crippen molar-refractivity contribution in [2.75, 3.05) is 26.7 Å². The van der Waals surface area contributed by atoms with Gasteiger partial charge in [-0.2, -0.15) is 0 Å². The Morgan fingerprint density at radius 1 is 1.10 bits per heavy atom. The summed E-state index contributed by atoms with van der Waals surface area (Å²) in [5.41, 5.74) is 8.72. The number of nitrogens with one attached hydrogen (secondary N) is 1. The first kappa shape index (κ1) is 21.5. The molecule has 4 heterocycles.